The Morgan fingerprint density at radius 2 is 1.96 bits per heavy atom. The van der Waals surface area contributed by atoms with Crippen LogP contribution in [0.15, 0.2) is 42.5 Å². The number of amides is 2. The fraction of sp³-hybridized carbons (Fsp3) is 0.263. The summed E-state index contributed by atoms with van der Waals surface area (Å²) in [4.78, 5) is 25.2. The molecule has 1 heterocycles. The highest BCUT2D eigenvalue weighted by Gasteiger charge is 2.30. The zero-order chi connectivity index (χ0) is 19.6. The third-order valence-corrected chi connectivity index (χ3v) is 4.17. The Labute approximate surface area is 153 Å². The van der Waals surface area contributed by atoms with Gasteiger partial charge < -0.3 is 15.0 Å². The van der Waals surface area contributed by atoms with Gasteiger partial charge in [-0.2, -0.15) is 13.2 Å². The average Bonchev–Trinajstić information content (AvgIpc) is 3.03. The summed E-state index contributed by atoms with van der Waals surface area (Å²) in [5.74, 6) is -0.570. The van der Waals surface area contributed by atoms with Gasteiger partial charge in [0.05, 0.1) is 5.56 Å². The van der Waals surface area contributed by atoms with Crippen molar-refractivity contribution in [1.82, 2.24) is 0 Å². The van der Waals surface area contributed by atoms with Gasteiger partial charge in [-0.15, -0.1) is 0 Å². The SMILES string of the molecule is CC(=O)N1CCc2cc(NC(=O)COc3cccc(C(F)(F)F)c3)ccc21. The van der Waals surface area contributed by atoms with Crippen molar-refractivity contribution in [2.45, 2.75) is 19.5 Å². The summed E-state index contributed by atoms with van der Waals surface area (Å²) in [5, 5.41) is 2.64. The Bertz CT molecular complexity index is 881. The topological polar surface area (TPSA) is 58.6 Å². The zero-order valence-corrected chi connectivity index (χ0v) is 14.5. The molecule has 5 nitrogen and oxygen atoms in total. The number of rotatable bonds is 4. The van der Waals surface area contributed by atoms with Crippen LogP contribution in [0.2, 0.25) is 0 Å². The number of carbonyl (C=O) groups is 2. The molecule has 0 bridgehead atoms. The van der Waals surface area contributed by atoms with Crippen LogP contribution in [0.1, 0.15) is 18.1 Å². The summed E-state index contributed by atoms with van der Waals surface area (Å²) in [6.07, 6.45) is -3.78. The number of halogens is 3. The van der Waals surface area contributed by atoms with Crippen LogP contribution in [0.3, 0.4) is 0 Å². The fourth-order valence-electron chi connectivity index (χ4n) is 2.91. The second-order valence-corrected chi connectivity index (χ2v) is 6.13. The minimum atomic E-state index is -4.47. The van der Waals surface area contributed by atoms with E-state index in [4.69, 9.17) is 4.74 Å². The molecule has 0 spiro atoms. The molecule has 0 saturated heterocycles. The number of anilines is 2. The fourth-order valence-corrected chi connectivity index (χ4v) is 2.91. The van der Waals surface area contributed by atoms with Crippen LogP contribution in [0, 0.1) is 0 Å². The molecule has 1 N–H and O–H groups in total. The Balaban J connectivity index is 1.60. The van der Waals surface area contributed by atoms with Crippen molar-refractivity contribution in [2.75, 3.05) is 23.4 Å². The predicted octanol–water partition coefficient (Wildman–Crippen LogP) is 3.63. The Hall–Kier alpha value is -3.03. The van der Waals surface area contributed by atoms with Crippen LogP contribution in [0.25, 0.3) is 0 Å². The van der Waals surface area contributed by atoms with E-state index < -0.39 is 24.3 Å². The number of hydrogen-bond donors (Lipinski definition) is 1. The second kappa shape index (κ2) is 7.30. The summed E-state index contributed by atoms with van der Waals surface area (Å²) in [7, 11) is 0. The van der Waals surface area contributed by atoms with E-state index >= 15 is 0 Å². The first kappa shape index (κ1) is 18.8. The van der Waals surface area contributed by atoms with Crippen LogP contribution < -0.4 is 15.0 Å². The van der Waals surface area contributed by atoms with Gasteiger partial charge in [-0.05, 0) is 48.4 Å². The van der Waals surface area contributed by atoms with Crippen molar-refractivity contribution in [1.29, 1.82) is 0 Å². The van der Waals surface area contributed by atoms with Gasteiger partial charge in [0.1, 0.15) is 5.75 Å². The van der Waals surface area contributed by atoms with Crippen molar-refractivity contribution < 1.29 is 27.5 Å². The van der Waals surface area contributed by atoms with E-state index in [1.807, 2.05) is 0 Å². The predicted molar refractivity (Wildman–Crippen MR) is 93.7 cm³/mol. The number of hydrogen-bond acceptors (Lipinski definition) is 3. The number of nitrogens with one attached hydrogen (secondary N) is 1. The molecule has 0 radical (unpaired) electrons. The van der Waals surface area contributed by atoms with E-state index in [-0.39, 0.29) is 11.7 Å². The maximum absolute atomic E-state index is 12.7. The first-order valence-electron chi connectivity index (χ1n) is 8.25. The molecule has 0 fully saturated rings. The molecule has 2 amide bonds. The smallest absolute Gasteiger partial charge is 0.416 e. The number of ether oxygens (including phenoxy) is 1. The molecule has 8 heteroatoms. The van der Waals surface area contributed by atoms with Crippen molar-refractivity contribution >= 4 is 23.2 Å². The molecule has 0 saturated carbocycles. The van der Waals surface area contributed by atoms with Gasteiger partial charge in [0.2, 0.25) is 5.91 Å². The molecular formula is C19H17F3N2O3. The molecule has 0 atom stereocenters. The molecule has 142 valence electrons. The molecule has 27 heavy (non-hydrogen) atoms. The number of carbonyl (C=O) groups excluding carboxylic acids is 2. The van der Waals surface area contributed by atoms with Gasteiger partial charge in [0.25, 0.3) is 5.91 Å². The molecule has 1 aliphatic heterocycles. The molecule has 0 aromatic heterocycles. The lowest BCUT2D eigenvalue weighted by atomic mass is 10.1. The normalized spacial score (nSPS) is 13.3. The Morgan fingerprint density at radius 3 is 2.67 bits per heavy atom. The van der Waals surface area contributed by atoms with E-state index in [1.165, 1.54) is 19.1 Å². The van der Waals surface area contributed by atoms with Gasteiger partial charge in [0, 0.05) is 24.8 Å². The van der Waals surface area contributed by atoms with Crippen molar-refractivity contribution in [3.8, 4) is 5.75 Å². The van der Waals surface area contributed by atoms with E-state index in [2.05, 4.69) is 5.32 Å². The third kappa shape index (κ3) is 4.39. The lowest BCUT2D eigenvalue weighted by molar-refractivity contribution is -0.137. The van der Waals surface area contributed by atoms with Gasteiger partial charge in [0.15, 0.2) is 6.61 Å². The monoisotopic (exact) mass is 378 g/mol. The van der Waals surface area contributed by atoms with Gasteiger partial charge in [-0.3, -0.25) is 9.59 Å². The number of fused-ring (bicyclic) bond motifs is 1. The van der Waals surface area contributed by atoms with Crippen LogP contribution in [0.5, 0.6) is 5.75 Å². The van der Waals surface area contributed by atoms with Gasteiger partial charge in [-0.1, -0.05) is 6.07 Å². The molecule has 2 aromatic rings. The molecule has 3 rings (SSSR count). The van der Waals surface area contributed by atoms with Crippen LogP contribution in [-0.2, 0) is 22.2 Å². The maximum atomic E-state index is 12.7. The Kier molecular flexibility index (Phi) is 5.07. The summed E-state index contributed by atoms with van der Waals surface area (Å²) in [6, 6.07) is 9.56. The van der Waals surface area contributed by atoms with Gasteiger partial charge in [-0.25, -0.2) is 0 Å². The minimum absolute atomic E-state index is 0.0361. The maximum Gasteiger partial charge on any atom is 0.416 e. The summed E-state index contributed by atoms with van der Waals surface area (Å²) < 4.78 is 43.2. The van der Waals surface area contributed by atoms with Crippen molar-refractivity contribution in [3.05, 3.63) is 53.6 Å². The highest BCUT2D eigenvalue weighted by atomic mass is 19.4. The zero-order valence-electron chi connectivity index (χ0n) is 14.5. The van der Waals surface area contributed by atoms with Gasteiger partial charge >= 0.3 is 6.18 Å². The van der Waals surface area contributed by atoms with E-state index in [9.17, 15) is 22.8 Å². The second-order valence-electron chi connectivity index (χ2n) is 6.13. The van der Waals surface area contributed by atoms with Crippen molar-refractivity contribution in [3.63, 3.8) is 0 Å². The van der Waals surface area contributed by atoms with Crippen LogP contribution >= 0.6 is 0 Å². The summed E-state index contributed by atoms with van der Waals surface area (Å²) in [6.45, 7) is 1.68. The lowest BCUT2D eigenvalue weighted by Gasteiger charge is -2.15. The first-order chi connectivity index (χ1) is 12.7. The minimum Gasteiger partial charge on any atom is -0.484 e. The quantitative estimate of drug-likeness (QED) is 0.884. The molecule has 1 aliphatic rings. The summed E-state index contributed by atoms with van der Waals surface area (Å²) in [5.41, 5.74) is 1.47. The molecule has 2 aromatic carbocycles. The lowest BCUT2D eigenvalue weighted by Crippen LogP contribution is -2.25. The standard InChI is InChI=1S/C19H17F3N2O3/c1-12(25)24-8-7-13-9-15(5-6-17(13)24)23-18(26)11-27-16-4-2-3-14(10-16)19(20,21)22/h2-6,9-10H,7-8,11H2,1H3,(H,23,26). The van der Waals surface area contributed by atoms with E-state index in [1.54, 1.807) is 23.1 Å². The largest absolute Gasteiger partial charge is 0.484 e. The molecular weight excluding hydrogens is 361 g/mol. The number of nitrogens with zero attached hydrogens (tertiary/aromatic N) is 1. The number of benzene rings is 2. The van der Waals surface area contributed by atoms with E-state index in [0.717, 1.165) is 23.4 Å². The third-order valence-electron chi connectivity index (χ3n) is 4.17. The van der Waals surface area contributed by atoms with Crippen LogP contribution in [0.4, 0.5) is 24.5 Å². The Morgan fingerprint density at radius 1 is 1.19 bits per heavy atom. The number of alkyl halides is 3. The average molecular weight is 378 g/mol. The van der Waals surface area contributed by atoms with E-state index in [0.29, 0.717) is 18.7 Å². The molecule has 0 aliphatic carbocycles. The summed E-state index contributed by atoms with van der Waals surface area (Å²) >= 11 is 0. The highest BCUT2D eigenvalue weighted by molar-refractivity contribution is 5.95. The van der Waals surface area contributed by atoms with Crippen molar-refractivity contribution in [2.24, 2.45) is 0 Å². The highest BCUT2D eigenvalue weighted by Crippen LogP contribution is 2.32. The first-order valence-corrected chi connectivity index (χ1v) is 8.25. The molecule has 0 unspecified atom stereocenters. The van der Waals surface area contributed by atoms with Crippen LogP contribution in [-0.4, -0.2) is 25.0 Å².